The molecule has 1 N–H and O–H groups in total. The molecule has 1 heterocycles. The van der Waals surface area contributed by atoms with Crippen molar-refractivity contribution >= 4 is 11.6 Å². The van der Waals surface area contributed by atoms with E-state index in [0.29, 0.717) is 0 Å². The lowest BCUT2D eigenvalue weighted by molar-refractivity contribution is 0.356. The Morgan fingerprint density at radius 1 is 1.50 bits per heavy atom. The second-order valence-corrected chi connectivity index (χ2v) is 4.75. The van der Waals surface area contributed by atoms with E-state index in [1.165, 1.54) is 0 Å². The van der Waals surface area contributed by atoms with Crippen LogP contribution in [0.4, 0.5) is 0 Å². The molecule has 0 unspecified atom stereocenters. The standard InChI is InChI=1S/C10H18ClN3/c1-10(2,3)14-9(11)8(7-13-14)5-6-12-4/h7,12H,5-6H2,1-4H3. The van der Waals surface area contributed by atoms with Crippen LogP contribution in [0.1, 0.15) is 26.3 Å². The normalized spacial score (nSPS) is 12.1. The highest BCUT2D eigenvalue weighted by Gasteiger charge is 2.19. The maximum atomic E-state index is 6.22. The van der Waals surface area contributed by atoms with E-state index in [4.69, 9.17) is 11.6 Å². The Morgan fingerprint density at radius 2 is 2.14 bits per heavy atom. The van der Waals surface area contributed by atoms with Crippen molar-refractivity contribution in [2.45, 2.75) is 32.7 Å². The third-order valence-electron chi connectivity index (χ3n) is 2.06. The second kappa shape index (κ2) is 4.32. The molecule has 0 saturated heterocycles. The van der Waals surface area contributed by atoms with Gasteiger partial charge >= 0.3 is 0 Å². The molecule has 0 amide bonds. The predicted octanol–water partition coefficient (Wildman–Crippen LogP) is 2.05. The summed E-state index contributed by atoms with van der Waals surface area (Å²) in [4.78, 5) is 0. The number of halogens is 1. The van der Waals surface area contributed by atoms with Gasteiger partial charge in [0.25, 0.3) is 0 Å². The zero-order valence-corrected chi connectivity index (χ0v) is 10.0. The third-order valence-corrected chi connectivity index (χ3v) is 2.46. The van der Waals surface area contributed by atoms with Gasteiger partial charge in [-0.05, 0) is 40.8 Å². The van der Waals surface area contributed by atoms with Crippen molar-refractivity contribution < 1.29 is 0 Å². The first kappa shape index (κ1) is 11.5. The average Bonchev–Trinajstić information content (AvgIpc) is 2.42. The molecule has 80 valence electrons. The fraction of sp³-hybridized carbons (Fsp3) is 0.700. The highest BCUT2D eigenvalue weighted by molar-refractivity contribution is 6.30. The molecule has 0 aliphatic heterocycles. The minimum absolute atomic E-state index is 0.0467. The first-order valence-corrected chi connectivity index (χ1v) is 5.22. The van der Waals surface area contributed by atoms with E-state index < -0.39 is 0 Å². The molecular weight excluding hydrogens is 198 g/mol. The van der Waals surface area contributed by atoms with E-state index in [2.05, 4.69) is 31.2 Å². The zero-order chi connectivity index (χ0) is 10.8. The lowest BCUT2D eigenvalue weighted by Gasteiger charge is -2.20. The number of rotatable bonds is 3. The Kier molecular flexibility index (Phi) is 3.56. The van der Waals surface area contributed by atoms with Gasteiger partial charge in [0.1, 0.15) is 5.15 Å². The van der Waals surface area contributed by atoms with E-state index in [0.717, 1.165) is 23.7 Å². The van der Waals surface area contributed by atoms with Gasteiger partial charge in [-0.15, -0.1) is 0 Å². The SMILES string of the molecule is CNCCc1cnn(C(C)(C)C)c1Cl. The molecule has 1 aromatic heterocycles. The zero-order valence-electron chi connectivity index (χ0n) is 9.26. The minimum Gasteiger partial charge on any atom is -0.319 e. The lowest BCUT2D eigenvalue weighted by atomic mass is 10.1. The number of hydrogen-bond donors (Lipinski definition) is 1. The Hall–Kier alpha value is -0.540. The van der Waals surface area contributed by atoms with Gasteiger partial charge in [0.15, 0.2) is 0 Å². The van der Waals surface area contributed by atoms with Crippen LogP contribution in [0.15, 0.2) is 6.20 Å². The first-order valence-electron chi connectivity index (χ1n) is 4.84. The van der Waals surface area contributed by atoms with Gasteiger partial charge in [-0.1, -0.05) is 11.6 Å². The van der Waals surface area contributed by atoms with E-state index in [-0.39, 0.29) is 5.54 Å². The van der Waals surface area contributed by atoms with Crippen LogP contribution in [0.3, 0.4) is 0 Å². The number of nitrogens with one attached hydrogen (secondary N) is 1. The highest BCUT2D eigenvalue weighted by atomic mass is 35.5. The molecule has 0 saturated carbocycles. The largest absolute Gasteiger partial charge is 0.319 e. The van der Waals surface area contributed by atoms with Crippen molar-refractivity contribution in [2.75, 3.05) is 13.6 Å². The van der Waals surface area contributed by atoms with Gasteiger partial charge in [0, 0.05) is 5.56 Å². The summed E-state index contributed by atoms with van der Waals surface area (Å²) < 4.78 is 1.86. The summed E-state index contributed by atoms with van der Waals surface area (Å²) >= 11 is 6.22. The van der Waals surface area contributed by atoms with Crippen LogP contribution >= 0.6 is 11.6 Å². The summed E-state index contributed by atoms with van der Waals surface area (Å²) in [5.41, 5.74) is 1.06. The summed E-state index contributed by atoms with van der Waals surface area (Å²) in [5, 5.41) is 8.15. The van der Waals surface area contributed by atoms with Gasteiger partial charge in [0.2, 0.25) is 0 Å². The van der Waals surface area contributed by atoms with Gasteiger partial charge in [-0.2, -0.15) is 5.10 Å². The van der Waals surface area contributed by atoms with E-state index in [1.807, 2.05) is 17.9 Å². The molecule has 0 fully saturated rings. The Labute approximate surface area is 90.4 Å². The summed E-state index contributed by atoms with van der Waals surface area (Å²) in [6, 6.07) is 0. The Bertz CT molecular complexity index is 299. The molecule has 4 heteroatoms. The van der Waals surface area contributed by atoms with Crippen LogP contribution in [0, 0.1) is 0 Å². The molecule has 3 nitrogen and oxygen atoms in total. The van der Waals surface area contributed by atoms with Crippen molar-refractivity contribution in [3.63, 3.8) is 0 Å². The third kappa shape index (κ3) is 2.49. The van der Waals surface area contributed by atoms with Crippen LogP contribution in [-0.2, 0) is 12.0 Å². The molecule has 0 aromatic carbocycles. The second-order valence-electron chi connectivity index (χ2n) is 4.40. The van der Waals surface area contributed by atoms with Crippen molar-refractivity contribution in [3.8, 4) is 0 Å². The lowest BCUT2D eigenvalue weighted by Crippen LogP contribution is -2.23. The fourth-order valence-corrected chi connectivity index (χ4v) is 1.70. The van der Waals surface area contributed by atoms with Crippen LogP contribution in [0.2, 0.25) is 5.15 Å². The molecular formula is C10H18ClN3. The first-order chi connectivity index (χ1) is 6.46. The van der Waals surface area contributed by atoms with Crippen molar-refractivity contribution in [3.05, 3.63) is 16.9 Å². The molecule has 0 atom stereocenters. The molecule has 1 aromatic rings. The topological polar surface area (TPSA) is 29.9 Å². The predicted molar refractivity (Wildman–Crippen MR) is 59.9 cm³/mol. The Morgan fingerprint density at radius 3 is 2.57 bits per heavy atom. The minimum atomic E-state index is -0.0467. The van der Waals surface area contributed by atoms with Crippen LogP contribution in [0.5, 0.6) is 0 Å². The van der Waals surface area contributed by atoms with Crippen LogP contribution in [0.25, 0.3) is 0 Å². The average molecular weight is 216 g/mol. The van der Waals surface area contributed by atoms with Gasteiger partial charge in [-0.3, -0.25) is 0 Å². The van der Waals surface area contributed by atoms with Crippen molar-refractivity contribution in [1.82, 2.24) is 15.1 Å². The maximum absolute atomic E-state index is 6.22. The molecule has 0 bridgehead atoms. The number of hydrogen-bond acceptors (Lipinski definition) is 2. The van der Waals surface area contributed by atoms with E-state index >= 15 is 0 Å². The Balaban J connectivity index is 2.86. The summed E-state index contributed by atoms with van der Waals surface area (Å²) in [7, 11) is 1.93. The number of likely N-dealkylation sites (N-methyl/N-ethyl adjacent to an activating group) is 1. The highest BCUT2D eigenvalue weighted by Crippen LogP contribution is 2.23. The van der Waals surface area contributed by atoms with Gasteiger partial charge in [-0.25, -0.2) is 4.68 Å². The molecule has 0 spiro atoms. The van der Waals surface area contributed by atoms with Crippen molar-refractivity contribution in [2.24, 2.45) is 0 Å². The molecule has 0 radical (unpaired) electrons. The quantitative estimate of drug-likeness (QED) is 0.837. The summed E-state index contributed by atoms with van der Waals surface area (Å²) in [5.74, 6) is 0. The van der Waals surface area contributed by atoms with Crippen molar-refractivity contribution in [1.29, 1.82) is 0 Å². The van der Waals surface area contributed by atoms with Crippen LogP contribution < -0.4 is 5.32 Å². The number of nitrogens with zero attached hydrogens (tertiary/aromatic N) is 2. The fourth-order valence-electron chi connectivity index (χ4n) is 1.26. The smallest absolute Gasteiger partial charge is 0.130 e. The van der Waals surface area contributed by atoms with Gasteiger partial charge < -0.3 is 5.32 Å². The van der Waals surface area contributed by atoms with E-state index in [9.17, 15) is 0 Å². The van der Waals surface area contributed by atoms with Crippen LogP contribution in [-0.4, -0.2) is 23.4 Å². The number of aromatic nitrogens is 2. The molecule has 0 aliphatic carbocycles. The molecule has 14 heavy (non-hydrogen) atoms. The monoisotopic (exact) mass is 215 g/mol. The summed E-state index contributed by atoms with van der Waals surface area (Å²) in [6.45, 7) is 7.20. The van der Waals surface area contributed by atoms with E-state index in [1.54, 1.807) is 0 Å². The summed E-state index contributed by atoms with van der Waals surface area (Å²) in [6.07, 6.45) is 2.77. The molecule has 1 rings (SSSR count). The molecule has 0 aliphatic rings. The van der Waals surface area contributed by atoms with Gasteiger partial charge in [0.05, 0.1) is 11.7 Å². The maximum Gasteiger partial charge on any atom is 0.130 e.